The molecule has 0 spiro atoms. The SMILES string of the molecule is Cc1nc2ccccc2n1CC(O)CSC(C)C. The molecule has 2 rings (SSSR count). The zero-order valence-electron chi connectivity index (χ0n) is 11.1. The van der Waals surface area contributed by atoms with E-state index in [0.29, 0.717) is 11.8 Å². The molecule has 0 bridgehead atoms. The van der Waals surface area contributed by atoms with E-state index in [2.05, 4.69) is 29.5 Å². The lowest BCUT2D eigenvalue weighted by Gasteiger charge is -2.14. The van der Waals surface area contributed by atoms with Gasteiger partial charge in [-0.25, -0.2) is 4.98 Å². The topological polar surface area (TPSA) is 38.0 Å². The number of hydrogen-bond acceptors (Lipinski definition) is 3. The summed E-state index contributed by atoms with van der Waals surface area (Å²) in [5.74, 6) is 1.73. The Labute approximate surface area is 112 Å². The minimum absolute atomic E-state index is 0.325. The first-order chi connectivity index (χ1) is 8.58. The van der Waals surface area contributed by atoms with E-state index >= 15 is 0 Å². The molecule has 0 fully saturated rings. The Balaban J connectivity index is 2.13. The van der Waals surface area contributed by atoms with Crippen LogP contribution in [0.4, 0.5) is 0 Å². The molecular weight excluding hydrogens is 244 g/mol. The van der Waals surface area contributed by atoms with Crippen molar-refractivity contribution in [3.63, 3.8) is 0 Å². The molecule has 0 saturated heterocycles. The molecule has 3 nitrogen and oxygen atoms in total. The molecule has 1 N–H and O–H groups in total. The lowest BCUT2D eigenvalue weighted by atomic mass is 10.3. The molecule has 0 saturated carbocycles. The first-order valence-electron chi connectivity index (χ1n) is 6.29. The molecule has 0 aliphatic rings. The van der Waals surface area contributed by atoms with E-state index in [1.54, 1.807) is 11.8 Å². The van der Waals surface area contributed by atoms with Gasteiger partial charge in [0.2, 0.25) is 0 Å². The van der Waals surface area contributed by atoms with Gasteiger partial charge in [-0.15, -0.1) is 0 Å². The molecule has 98 valence electrons. The maximum absolute atomic E-state index is 10.1. The molecule has 18 heavy (non-hydrogen) atoms. The Hall–Kier alpha value is -1.00. The maximum Gasteiger partial charge on any atom is 0.106 e. The third-order valence-electron chi connectivity index (χ3n) is 2.86. The highest BCUT2D eigenvalue weighted by atomic mass is 32.2. The molecule has 0 aliphatic carbocycles. The van der Waals surface area contributed by atoms with Crippen LogP contribution in [0, 0.1) is 6.92 Å². The number of imidazole rings is 1. The van der Waals surface area contributed by atoms with Gasteiger partial charge in [0.25, 0.3) is 0 Å². The number of nitrogens with zero attached hydrogens (tertiary/aromatic N) is 2. The average Bonchev–Trinajstić information content (AvgIpc) is 2.64. The van der Waals surface area contributed by atoms with Gasteiger partial charge in [0, 0.05) is 5.75 Å². The van der Waals surface area contributed by atoms with E-state index in [0.717, 1.165) is 22.6 Å². The second-order valence-corrected chi connectivity index (χ2v) is 6.40. The van der Waals surface area contributed by atoms with Gasteiger partial charge in [-0.05, 0) is 24.3 Å². The first-order valence-corrected chi connectivity index (χ1v) is 7.34. The number of rotatable bonds is 5. The summed E-state index contributed by atoms with van der Waals surface area (Å²) >= 11 is 1.79. The van der Waals surface area contributed by atoms with Crippen molar-refractivity contribution < 1.29 is 5.11 Å². The van der Waals surface area contributed by atoms with Crippen molar-refractivity contribution in [1.82, 2.24) is 9.55 Å². The maximum atomic E-state index is 10.1. The smallest absolute Gasteiger partial charge is 0.106 e. The average molecular weight is 264 g/mol. The lowest BCUT2D eigenvalue weighted by Crippen LogP contribution is -2.20. The molecule has 4 heteroatoms. The Morgan fingerprint density at radius 2 is 2.06 bits per heavy atom. The monoisotopic (exact) mass is 264 g/mol. The molecule has 1 aromatic carbocycles. The molecule has 0 aliphatic heterocycles. The van der Waals surface area contributed by atoms with Crippen LogP contribution in [0.25, 0.3) is 11.0 Å². The van der Waals surface area contributed by atoms with Crippen molar-refractivity contribution in [2.24, 2.45) is 0 Å². The highest BCUT2D eigenvalue weighted by Gasteiger charge is 2.12. The van der Waals surface area contributed by atoms with Crippen molar-refractivity contribution in [3.05, 3.63) is 30.1 Å². The van der Waals surface area contributed by atoms with Gasteiger partial charge in [-0.1, -0.05) is 26.0 Å². The van der Waals surface area contributed by atoms with Crippen molar-refractivity contribution in [2.75, 3.05) is 5.75 Å². The summed E-state index contributed by atoms with van der Waals surface area (Å²) in [6.07, 6.45) is -0.325. The molecule has 1 aromatic heterocycles. The number of aliphatic hydroxyl groups excluding tert-OH is 1. The molecule has 1 atom stereocenters. The Morgan fingerprint density at radius 1 is 1.33 bits per heavy atom. The third kappa shape index (κ3) is 3.06. The molecular formula is C14H20N2OS. The lowest BCUT2D eigenvalue weighted by molar-refractivity contribution is 0.178. The molecule has 0 radical (unpaired) electrons. The van der Waals surface area contributed by atoms with E-state index in [9.17, 15) is 5.11 Å². The van der Waals surface area contributed by atoms with E-state index in [4.69, 9.17) is 0 Å². The van der Waals surface area contributed by atoms with Crippen molar-refractivity contribution in [3.8, 4) is 0 Å². The predicted molar refractivity (Wildman–Crippen MR) is 78.1 cm³/mol. The summed E-state index contributed by atoms with van der Waals surface area (Å²) in [7, 11) is 0. The van der Waals surface area contributed by atoms with Crippen LogP contribution in [0.5, 0.6) is 0 Å². The largest absolute Gasteiger partial charge is 0.390 e. The fraction of sp³-hybridized carbons (Fsp3) is 0.500. The van der Waals surface area contributed by atoms with Gasteiger partial charge < -0.3 is 9.67 Å². The molecule has 1 unspecified atom stereocenters. The number of aryl methyl sites for hydroxylation is 1. The van der Waals surface area contributed by atoms with E-state index in [1.807, 2.05) is 25.1 Å². The molecule has 0 amide bonds. The van der Waals surface area contributed by atoms with Crippen molar-refractivity contribution >= 4 is 22.8 Å². The number of thioether (sulfide) groups is 1. The van der Waals surface area contributed by atoms with Crippen LogP contribution in [0.2, 0.25) is 0 Å². The minimum Gasteiger partial charge on any atom is -0.390 e. The van der Waals surface area contributed by atoms with E-state index in [1.165, 1.54) is 0 Å². The van der Waals surface area contributed by atoms with Gasteiger partial charge in [0.15, 0.2) is 0 Å². The zero-order valence-corrected chi connectivity index (χ0v) is 11.9. The Bertz CT molecular complexity index is 521. The normalized spacial score (nSPS) is 13.4. The van der Waals surface area contributed by atoms with Gasteiger partial charge in [0.1, 0.15) is 5.82 Å². The predicted octanol–water partition coefficient (Wildman–Crippen LogP) is 2.85. The summed E-state index contributed by atoms with van der Waals surface area (Å²) in [6, 6.07) is 8.06. The van der Waals surface area contributed by atoms with Crippen LogP contribution in [-0.4, -0.2) is 31.8 Å². The number of aliphatic hydroxyl groups is 1. The van der Waals surface area contributed by atoms with Gasteiger partial charge in [-0.3, -0.25) is 0 Å². The Morgan fingerprint density at radius 3 is 2.78 bits per heavy atom. The van der Waals surface area contributed by atoms with Crippen molar-refractivity contribution in [2.45, 2.75) is 38.7 Å². The van der Waals surface area contributed by atoms with Gasteiger partial charge in [-0.2, -0.15) is 11.8 Å². The second-order valence-electron chi connectivity index (χ2n) is 4.79. The van der Waals surface area contributed by atoms with E-state index < -0.39 is 0 Å². The molecule has 1 heterocycles. The third-order valence-corrected chi connectivity index (χ3v) is 4.10. The van der Waals surface area contributed by atoms with Gasteiger partial charge in [0.05, 0.1) is 23.7 Å². The first kappa shape index (κ1) is 13.4. The summed E-state index contributed by atoms with van der Waals surface area (Å²) in [5.41, 5.74) is 2.10. The number of para-hydroxylation sites is 2. The quantitative estimate of drug-likeness (QED) is 0.902. The standard InChI is InChI=1S/C14H20N2OS/c1-10(2)18-9-12(17)8-16-11(3)15-13-6-4-5-7-14(13)16/h4-7,10,12,17H,8-9H2,1-3H3. The fourth-order valence-corrected chi connectivity index (χ4v) is 2.71. The molecule has 2 aromatic rings. The van der Waals surface area contributed by atoms with Gasteiger partial charge >= 0.3 is 0 Å². The zero-order chi connectivity index (χ0) is 13.1. The number of benzene rings is 1. The van der Waals surface area contributed by atoms with Crippen LogP contribution in [-0.2, 0) is 6.54 Å². The van der Waals surface area contributed by atoms with Crippen LogP contribution in [0.15, 0.2) is 24.3 Å². The highest BCUT2D eigenvalue weighted by Crippen LogP contribution is 2.17. The minimum atomic E-state index is -0.325. The van der Waals surface area contributed by atoms with Crippen LogP contribution < -0.4 is 0 Å². The second kappa shape index (κ2) is 5.76. The summed E-state index contributed by atoms with van der Waals surface area (Å²) in [4.78, 5) is 4.51. The number of aromatic nitrogens is 2. The Kier molecular flexibility index (Phi) is 4.30. The summed E-state index contributed by atoms with van der Waals surface area (Å²) in [5, 5.41) is 10.6. The van der Waals surface area contributed by atoms with Crippen molar-refractivity contribution in [1.29, 1.82) is 0 Å². The van der Waals surface area contributed by atoms with Crippen LogP contribution in [0.3, 0.4) is 0 Å². The number of fused-ring (bicyclic) bond motifs is 1. The summed E-state index contributed by atoms with van der Waals surface area (Å²) < 4.78 is 2.10. The highest BCUT2D eigenvalue weighted by molar-refractivity contribution is 7.99. The number of hydrogen-bond donors (Lipinski definition) is 1. The fourth-order valence-electron chi connectivity index (χ4n) is 1.99. The van der Waals surface area contributed by atoms with E-state index in [-0.39, 0.29) is 6.10 Å². The van der Waals surface area contributed by atoms with Crippen LogP contribution in [0.1, 0.15) is 19.7 Å². The van der Waals surface area contributed by atoms with Crippen LogP contribution >= 0.6 is 11.8 Å². The summed E-state index contributed by atoms with van der Waals surface area (Å²) in [6.45, 7) is 6.90.